The fraction of sp³-hybridized carbons (Fsp3) is 0.467. The quantitative estimate of drug-likeness (QED) is 0.395. The monoisotopic (exact) mass is 406 g/mol. The summed E-state index contributed by atoms with van der Waals surface area (Å²) in [6.07, 6.45) is 19.5. The molecule has 2 aliphatic carbocycles. The van der Waals surface area contributed by atoms with Gasteiger partial charge in [0.15, 0.2) is 8.32 Å². The Morgan fingerprint density at radius 1 is 1.15 bits per heavy atom. The molecule has 110 valence electrons. The molecule has 0 aromatic carbocycles. The molecule has 5 heteroatoms. The Hall–Kier alpha value is 0.600. The van der Waals surface area contributed by atoms with Gasteiger partial charge in [-0.3, -0.25) is 12.2 Å². The second kappa shape index (κ2) is 14.5. The average Bonchev–Trinajstić information content (AvgIpc) is 2.91. The maximum Gasteiger partial charge on any atom is 4.00 e. The Kier molecular flexibility index (Phi) is 18.6. The van der Waals surface area contributed by atoms with Crippen molar-refractivity contribution in [1.29, 1.82) is 0 Å². The van der Waals surface area contributed by atoms with Crippen LogP contribution in [0.5, 0.6) is 0 Å². The molecule has 0 spiro atoms. The van der Waals surface area contributed by atoms with Crippen LogP contribution in [0.25, 0.3) is 0 Å². The molecule has 0 unspecified atom stereocenters. The van der Waals surface area contributed by atoms with Crippen molar-refractivity contribution in [3.8, 4) is 0 Å². The van der Waals surface area contributed by atoms with Gasteiger partial charge in [0.1, 0.15) is 0 Å². The molecule has 0 heterocycles. The number of hydrogen-bond acceptors (Lipinski definition) is 1. The zero-order chi connectivity index (χ0) is 12.6. The topological polar surface area (TPSA) is 9.23 Å². The Morgan fingerprint density at radius 2 is 1.85 bits per heavy atom. The van der Waals surface area contributed by atoms with Crippen LogP contribution in [0, 0.1) is 12.2 Å². The van der Waals surface area contributed by atoms with Crippen molar-refractivity contribution in [3.63, 3.8) is 0 Å². The third kappa shape index (κ3) is 15.0. The Bertz CT molecular complexity index is 334. The fourth-order valence-electron chi connectivity index (χ4n) is 1.43. The fourth-order valence-corrected chi connectivity index (χ4v) is 2.14. The second-order valence-electron chi connectivity index (χ2n) is 5.05. The normalized spacial score (nSPS) is 14.4. The first kappa shape index (κ1) is 25.5. The van der Waals surface area contributed by atoms with E-state index >= 15 is 0 Å². The van der Waals surface area contributed by atoms with E-state index in [4.69, 9.17) is 4.43 Å². The van der Waals surface area contributed by atoms with Gasteiger partial charge in [-0.2, -0.15) is 17.7 Å². The van der Waals surface area contributed by atoms with Crippen LogP contribution in [0.2, 0.25) is 19.6 Å². The van der Waals surface area contributed by atoms with Crippen LogP contribution in [-0.2, 0) is 30.6 Å². The summed E-state index contributed by atoms with van der Waals surface area (Å²) in [7, 11) is -1.29. The van der Waals surface area contributed by atoms with Gasteiger partial charge in [-0.1, -0.05) is 6.42 Å². The van der Waals surface area contributed by atoms with Gasteiger partial charge >= 0.3 is 26.2 Å². The minimum absolute atomic E-state index is 0. The van der Waals surface area contributed by atoms with Crippen LogP contribution in [0.15, 0.2) is 36.0 Å². The first-order chi connectivity index (χ1) is 8.08. The van der Waals surface area contributed by atoms with E-state index in [1.807, 2.05) is 12.2 Å². The molecule has 0 aromatic heterocycles. The number of allylic oxidation sites excluding steroid dienone is 7. The molecule has 0 amide bonds. The van der Waals surface area contributed by atoms with Gasteiger partial charge in [-0.05, 0) is 19.6 Å². The standard InChI is InChI=1S/C10H17OSi.C5H5.2ClH.Zr/c1-12(2,3)11-9-8-10-6-4-5-7-10;1-2-4-5-3-1;;;/h6-7H,4,8-9H2,1-3H3;1-3H,4H2;2*1H;/q2*-1;;;+4/p-2. The number of halogens is 2. The van der Waals surface area contributed by atoms with Gasteiger partial charge in [-0.15, -0.1) is 12.8 Å². The van der Waals surface area contributed by atoms with E-state index in [-0.39, 0.29) is 51.0 Å². The minimum atomic E-state index is -1.29. The smallest absolute Gasteiger partial charge is 1.00 e. The molecular weight excluding hydrogens is 386 g/mol. The summed E-state index contributed by atoms with van der Waals surface area (Å²) in [5.74, 6) is 0. The molecule has 0 atom stereocenters. The van der Waals surface area contributed by atoms with Gasteiger partial charge in [0.25, 0.3) is 0 Å². The Balaban J connectivity index is -0.000000312. The van der Waals surface area contributed by atoms with Crippen molar-refractivity contribution < 1.29 is 55.4 Å². The van der Waals surface area contributed by atoms with Crippen LogP contribution in [-0.4, -0.2) is 14.9 Å². The third-order valence-electron chi connectivity index (χ3n) is 2.28. The zero-order valence-electron chi connectivity index (χ0n) is 12.4. The van der Waals surface area contributed by atoms with Gasteiger partial charge in [0, 0.05) is 6.61 Å². The van der Waals surface area contributed by atoms with Crippen LogP contribution >= 0.6 is 0 Å². The first-order valence-corrected chi connectivity index (χ1v) is 9.60. The van der Waals surface area contributed by atoms with Crippen molar-refractivity contribution in [1.82, 2.24) is 0 Å². The number of hydrogen-bond donors (Lipinski definition) is 0. The predicted molar refractivity (Wildman–Crippen MR) is 76.0 cm³/mol. The average molecular weight is 409 g/mol. The summed E-state index contributed by atoms with van der Waals surface area (Å²) in [5.41, 5.74) is 1.38. The molecule has 0 fully saturated rings. The first-order valence-electron chi connectivity index (χ1n) is 6.19. The Labute approximate surface area is 156 Å². The molecule has 0 saturated carbocycles. The van der Waals surface area contributed by atoms with Crippen LogP contribution in [0.1, 0.15) is 19.3 Å². The van der Waals surface area contributed by atoms with Crippen molar-refractivity contribution in [2.45, 2.75) is 38.9 Å². The maximum atomic E-state index is 5.74. The van der Waals surface area contributed by atoms with Crippen molar-refractivity contribution in [3.05, 3.63) is 48.1 Å². The molecular formula is C15H22Cl2OSiZr. The van der Waals surface area contributed by atoms with E-state index in [1.54, 1.807) is 0 Å². The van der Waals surface area contributed by atoms with Crippen LogP contribution in [0.4, 0.5) is 0 Å². The largest absolute Gasteiger partial charge is 4.00 e. The molecule has 0 aromatic rings. The summed E-state index contributed by atoms with van der Waals surface area (Å²) in [4.78, 5) is 0. The molecule has 0 saturated heterocycles. The third-order valence-corrected chi connectivity index (χ3v) is 3.35. The van der Waals surface area contributed by atoms with E-state index in [2.05, 4.69) is 50.0 Å². The van der Waals surface area contributed by atoms with Crippen molar-refractivity contribution in [2.24, 2.45) is 0 Å². The molecule has 20 heavy (non-hydrogen) atoms. The maximum absolute atomic E-state index is 5.74. The Morgan fingerprint density at radius 3 is 2.20 bits per heavy atom. The molecule has 0 radical (unpaired) electrons. The van der Waals surface area contributed by atoms with E-state index < -0.39 is 8.32 Å². The van der Waals surface area contributed by atoms with Gasteiger partial charge in [-0.25, -0.2) is 18.2 Å². The summed E-state index contributed by atoms with van der Waals surface area (Å²) in [5, 5.41) is 0. The second-order valence-corrected chi connectivity index (χ2v) is 9.56. The van der Waals surface area contributed by atoms with E-state index in [0.717, 1.165) is 25.9 Å². The summed E-state index contributed by atoms with van der Waals surface area (Å²) in [6, 6.07) is 0. The molecule has 2 rings (SSSR count). The van der Waals surface area contributed by atoms with E-state index in [0.29, 0.717) is 0 Å². The molecule has 0 N–H and O–H groups in total. The summed E-state index contributed by atoms with van der Waals surface area (Å²) < 4.78 is 5.74. The zero-order valence-corrected chi connectivity index (χ0v) is 17.3. The van der Waals surface area contributed by atoms with E-state index in [1.165, 1.54) is 5.57 Å². The molecule has 0 aliphatic heterocycles. The molecule has 0 bridgehead atoms. The van der Waals surface area contributed by atoms with Crippen LogP contribution < -0.4 is 24.8 Å². The predicted octanol–water partition coefficient (Wildman–Crippen LogP) is -1.77. The SMILES string of the molecule is C[Si](C)(C)OCCC1=CC[C-]=C1.[C-]1=CC=CC1.[Cl-].[Cl-].[Zr+4]. The summed E-state index contributed by atoms with van der Waals surface area (Å²) >= 11 is 0. The van der Waals surface area contributed by atoms with Crippen molar-refractivity contribution in [2.75, 3.05) is 6.61 Å². The van der Waals surface area contributed by atoms with Gasteiger partial charge in [0.05, 0.1) is 0 Å². The molecule has 1 nitrogen and oxygen atoms in total. The van der Waals surface area contributed by atoms with Crippen molar-refractivity contribution >= 4 is 8.32 Å². The van der Waals surface area contributed by atoms with Gasteiger partial charge in [0.2, 0.25) is 0 Å². The summed E-state index contributed by atoms with van der Waals surface area (Å²) in [6.45, 7) is 7.54. The van der Waals surface area contributed by atoms with Gasteiger partial charge < -0.3 is 29.2 Å². The van der Waals surface area contributed by atoms with Crippen LogP contribution in [0.3, 0.4) is 0 Å². The minimum Gasteiger partial charge on any atom is -1.00 e. The van der Waals surface area contributed by atoms with E-state index in [9.17, 15) is 0 Å². The molecule has 2 aliphatic rings. The number of rotatable bonds is 4.